The molecule has 1 nitrogen and oxygen atoms in total. The summed E-state index contributed by atoms with van der Waals surface area (Å²) in [4.78, 5) is 4.14. The van der Waals surface area contributed by atoms with Gasteiger partial charge < -0.3 is 0 Å². The Kier molecular flexibility index (Phi) is 4.75. The molecule has 0 unspecified atom stereocenters. The maximum atomic E-state index is 12.7. The lowest BCUT2D eigenvalue weighted by Gasteiger charge is -2.03. The largest absolute Gasteiger partial charge is 0.290 e. The molecule has 0 radical (unpaired) electrons. The Hall–Kier alpha value is -0.660. The number of allylic oxidation sites excluding steroid dienone is 2. The summed E-state index contributed by atoms with van der Waals surface area (Å²) in [5.41, 5.74) is 1.57. The van der Waals surface area contributed by atoms with Gasteiger partial charge in [-0.1, -0.05) is 6.92 Å². The predicted molar refractivity (Wildman–Crippen MR) is 47.7 cm³/mol. The van der Waals surface area contributed by atoms with Crippen molar-refractivity contribution in [3.63, 3.8) is 0 Å². The second-order valence-electron chi connectivity index (χ2n) is 2.43. The number of rotatable bonds is 3. The maximum Gasteiger partial charge on any atom is 0.102 e. The summed E-state index contributed by atoms with van der Waals surface area (Å²) in [5, 5.41) is 0. The molecule has 64 valence electrons. The van der Waals surface area contributed by atoms with Gasteiger partial charge in [-0.05, 0) is 27.2 Å². The fourth-order valence-electron chi connectivity index (χ4n) is 1.08. The van der Waals surface area contributed by atoms with Crippen molar-refractivity contribution in [2.75, 3.05) is 6.54 Å². The fraction of sp³-hybridized carbons (Fsp3) is 0.667. The van der Waals surface area contributed by atoms with Crippen molar-refractivity contribution < 1.29 is 4.39 Å². The van der Waals surface area contributed by atoms with Gasteiger partial charge in [0.05, 0.1) is 0 Å². The van der Waals surface area contributed by atoms with E-state index in [1.807, 2.05) is 20.8 Å². The molecule has 2 heteroatoms. The zero-order valence-electron chi connectivity index (χ0n) is 7.74. The summed E-state index contributed by atoms with van der Waals surface area (Å²) in [6, 6.07) is 0. The first-order valence-corrected chi connectivity index (χ1v) is 4.00. The average molecular weight is 157 g/mol. The molecule has 0 aliphatic rings. The molecule has 11 heavy (non-hydrogen) atoms. The van der Waals surface area contributed by atoms with Crippen molar-refractivity contribution in [1.82, 2.24) is 0 Å². The first kappa shape index (κ1) is 10.3. The van der Waals surface area contributed by atoms with Crippen LogP contribution >= 0.6 is 0 Å². The summed E-state index contributed by atoms with van der Waals surface area (Å²) < 4.78 is 12.7. The lowest BCUT2D eigenvalue weighted by Crippen LogP contribution is -1.98. The van der Waals surface area contributed by atoms with Crippen LogP contribution in [0.15, 0.2) is 16.4 Å². The zero-order chi connectivity index (χ0) is 8.85. The smallest absolute Gasteiger partial charge is 0.102 e. The van der Waals surface area contributed by atoms with Crippen molar-refractivity contribution in [1.29, 1.82) is 0 Å². The second-order valence-corrected chi connectivity index (χ2v) is 2.43. The minimum absolute atomic E-state index is 0.109. The highest BCUT2D eigenvalue weighted by Crippen LogP contribution is 2.11. The summed E-state index contributed by atoms with van der Waals surface area (Å²) in [6.07, 6.45) is 0.720. The fourth-order valence-corrected chi connectivity index (χ4v) is 1.08. The predicted octanol–water partition coefficient (Wildman–Crippen LogP) is 3.12. The number of halogens is 1. The van der Waals surface area contributed by atoms with Crippen LogP contribution in [0.25, 0.3) is 0 Å². The van der Waals surface area contributed by atoms with E-state index < -0.39 is 0 Å². The van der Waals surface area contributed by atoms with E-state index in [1.165, 1.54) is 6.92 Å². The van der Waals surface area contributed by atoms with Crippen molar-refractivity contribution in [2.24, 2.45) is 4.99 Å². The maximum absolute atomic E-state index is 12.7. The highest BCUT2D eigenvalue weighted by molar-refractivity contribution is 5.98. The van der Waals surface area contributed by atoms with Gasteiger partial charge in [0.2, 0.25) is 0 Å². The zero-order valence-corrected chi connectivity index (χ0v) is 7.74. The van der Waals surface area contributed by atoms with E-state index in [0.29, 0.717) is 0 Å². The summed E-state index contributed by atoms with van der Waals surface area (Å²) in [7, 11) is 0. The molecule has 0 aliphatic heterocycles. The van der Waals surface area contributed by atoms with Crippen molar-refractivity contribution in [3.8, 4) is 0 Å². The minimum atomic E-state index is -0.109. The molecular formula is C9H16FN. The van der Waals surface area contributed by atoms with Crippen LogP contribution in [0, 0.1) is 0 Å². The van der Waals surface area contributed by atoms with Crippen molar-refractivity contribution in [3.05, 3.63) is 11.4 Å². The highest BCUT2D eigenvalue weighted by atomic mass is 19.1. The van der Waals surface area contributed by atoms with Crippen LogP contribution in [0.3, 0.4) is 0 Å². The topological polar surface area (TPSA) is 12.4 Å². The van der Waals surface area contributed by atoms with Gasteiger partial charge in [0.15, 0.2) is 0 Å². The molecule has 0 aromatic carbocycles. The van der Waals surface area contributed by atoms with Crippen molar-refractivity contribution >= 4 is 5.71 Å². The van der Waals surface area contributed by atoms with E-state index in [0.717, 1.165) is 24.3 Å². The van der Waals surface area contributed by atoms with E-state index >= 15 is 0 Å². The Labute approximate surface area is 68.0 Å². The van der Waals surface area contributed by atoms with Gasteiger partial charge in [0.25, 0.3) is 0 Å². The minimum Gasteiger partial charge on any atom is -0.290 e. The van der Waals surface area contributed by atoms with Crippen LogP contribution in [0.1, 0.15) is 34.1 Å². The normalized spacial score (nSPS) is 14.8. The first-order chi connectivity index (χ1) is 5.13. The Balaban J connectivity index is 4.53. The van der Waals surface area contributed by atoms with Crippen LogP contribution in [0.4, 0.5) is 4.39 Å². The molecule has 0 atom stereocenters. The molecule has 0 bridgehead atoms. The van der Waals surface area contributed by atoms with Gasteiger partial charge in [0, 0.05) is 17.8 Å². The van der Waals surface area contributed by atoms with Gasteiger partial charge in [-0.15, -0.1) is 0 Å². The SMILES string of the molecule is CC/N=C(C)\C(CC)=C(/C)F. The Morgan fingerprint density at radius 1 is 1.27 bits per heavy atom. The third-order valence-electron chi connectivity index (χ3n) is 1.60. The number of hydrogen-bond acceptors (Lipinski definition) is 1. The quantitative estimate of drug-likeness (QED) is 0.558. The van der Waals surface area contributed by atoms with E-state index in [4.69, 9.17) is 0 Å². The average Bonchev–Trinajstić information content (AvgIpc) is 1.88. The molecule has 0 heterocycles. The standard InChI is InChI=1S/C9H16FN/c1-5-9(7(3)10)8(4)11-6-2/h5-6H2,1-4H3/b9-7+,11-8-. The van der Waals surface area contributed by atoms with Crippen LogP contribution in [0.5, 0.6) is 0 Å². The van der Waals surface area contributed by atoms with Crippen molar-refractivity contribution in [2.45, 2.75) is 34.1 Å². The number of hydrogen-bond donors (Lipinski definition) is 0. The first-order valence-electron chi connectivity index (χ1n) is 4.00. The Bertz CT molecular complexity index is 176. The molecule has 0 saturated carbocycles. The Morgan fingerprint density at radius 2 is 1.82 bits per heavy atom. The third-order valence-corrected chi connectivity index (χ3v) is 1.60. The number of aliphatic imine (C=N–C) groups is 1. The lowest BCUT2D eigenvalue weighted by molar-refractivity contribution is 0.628. The van der Waals surface area contributed by atoms with Crippen LogP contribution in [-0.4, -0.2) is 12.3 Å². The summed E-state index contributed by atoms with van der Waals surface area (Å²) in [5.74, 6) is -0.109. The van der Waals surface area contributed by atoms with Gasteiger partial charge >= 0.3 is 0 Å². The molecule has 0 rings (SSSR count). The third kappa shape index (κ3) is 3.30. The molecular weight excluding hydrogens is 141 g/mol. The van der Waals surface area contributed by atoms with E-state index in [-0.39, 0.29) is 5.83 Å². The second kappa shape index (κ2) is 5.05. The lowest BCUT2D eigenvalue weighted by atomic mass is 10.1. The van der Waals surface area contributed by atoms with Gasteiger partial charge in [0.1, 0.15) is 5.83 Å². The molecule has 0 N–H and O–H groups in total. The number of nitrogens with zero attached hydrogens (tertiary/aromatic N) is 1. The molecule has 0 aliphatic carbocycles. The summed E-state index contributed by atoms with van der Waals surface area (Å²) >= 11 is 0. The highest BCUT2D eigenvalue weighted by Gasteiger charge is 2.02. The van der Waals surface area contributed by atoms with Crippen LogP contribution in [-0.2, 0) is 0 Å². The molecule has 0 saturated heterocycles. The van der Waals surface area contributed by atoms with E-state index in [2.05, 4.69) is 4.99 Å². The van der Waals surface area contributed by atoms with Crippen LogP contribution < -0.4 is 0 Å². The molecule has 0 fully saturated rings. The van der Waals surface area contributed by atoms with Gasteiger partial charge in [-0.3, -0.25) is 4.99 Å². The van der Waals surface area contributed by atoms with E-state index in [9.17, 15) is 4.39 Å². The molecule has 0 aromatic rings. The molecule has 0 amide bonds. The molecule has 0 aromatic heterocycles. The van der Waals surface area contributed by atoms with Crippen LogP contribution in [0.2, 0.25) is 0 Å². The van der Waals surface area contributed by atoms with Gasteiger partial charge in [-0.25, -0.2) is 4.39 Å². The van der Waals surface area contributed by atoms with Gasteiger partial charge in [-0.2, -0.15) is 0 Å². The monoisotopic (exact) mass is 157 g/mol. The summed E-state index contributed by atoms with van der Waals surface area (Å²) in [6.45, 7) is 7.94. The van der Waals surface area contributed by atoms with E-state index in [1.54, 1.807) is 0 Å². The molecule has 0 spiro atoms. The Morgan fingerprint density at radius 3 is 2.09 bits per heavy atom.